The van der Waals surface area contributed by atoms with Crippen molar-refractivity contribution in [2.45, 2.75) is 25.3 Å². The van der Waals surface area contributed by atoms with Crippen LogP contribution in [0.15, 0.2) is 30.3 Å². The maximum atomic E-state index is 9.68. The minimum atomic E-state index is -0.344. The van der Waals surface area contributed by atoms with Gasteiger partial charge in [0.2, 0.25) is 0 Å². The van der Waals surface area contributed by atoms with Gasteiger partial charge in [0.15, 0.2) is 0 Å². The lowest BCUT2D eigenvalue weighted by molar-refractivity contribution is 0.114. The number of hydrogen-bond donors (Lipinski definition) is 1. The van der Waals surface area contributed by atoms with Crippen molar-refractivity contribution in [1.82, 2.24) is 10.2 Å². The summed E-state index contributed by atoms with van der Waals surface area (Å²) >= 11 is 0. The molecule has 3 heteroatoms. The molecule has 0 spiro atoms. The Hall–Kier alpha value is -1.37. The van der Waals surface area contributed by atoms with E-state index in [0.717, 1.165) is 39.0 Å². The molecule has 0 bridgehead atoms. The zero-order chi connectivity index (χ0) is 12.8. The average Bonchev–Trinajstić information content (AvgIpc) is 2.47. The molecular formula is C15H21N3. The van der Waals surface area contributed by atoms with E-state index in [0.29, 0.717) is 0 Å². The van der Waals surface area contributed by atoms with Gasteiger partial charge < -0.3 is 5.32 Å². The summed E-state index contributed by atoms with van der Waals surface area (Å²) in [4.78, 5) is 2.34. The van der Waals surface area contributed by atoms with Crippen molar-refractivity contribution in [3.63, 3.8) is 0 Å². The molecule has 0 aromatic heterocycles. The van der Waals surface area contributed by atoms with Gasteiger partial charge in [-0.15, -0.1) is 0 Å². The van der Waals surface area contributed by atoms with Crippen LogP contribution in [0.3, 0.4) is 0 Å². The van der Waals surface area contributed by atoms with Crippen LogP contribution in [0.25, 0.3) is 0 Å². The van der Waals surface area contributed by atoms with Gasteiger partial charge in [-0.25, -0.2) is 0 Å². The second-order valence-electron chi connectivity index (χ2n) is 4.90. The van der Waals surface area contributed by atoms with Crippen LogP contribution in [0.5, 0.6) is 0 Å². The summed E-state index contributed by atoms with van der Waals surface area (Å²) in [6.45, 7) is 6.02. The predicted octanol–water partition coefficient (Wildman–Crippen LogP) is 1.81. The fraction of sp³-hybridized carbons (Fsp3) is 0.533. The monoisotopic (exact) mass is 243 g/mol. The minimum Gasteiger partial charge on any atom is -0.314 e. The first-order valence-electron chi connectivity index (χ1n) is 6.72. The normalized spacial score (nSPS) is 20.0. The zero-order valence-corrected chi connectivity index (χ0v) is 11.0. The molecule has 0 aliphatic carbocycles. The number of nitrogens with zero attached hydrogens (tertiary/aromatic N) is 2. The van der Waals surface area contributed by atoms with Gasteiger partial charge in [0.05, 0.1) is 6.07 Å². The second kappa shape index (κ2) is 5.99. The Morgan fingerprint density at radius 1 is 1.28 bits per heavy atom. The number of nitrogens with one attached hydrogen (secondary N) is 1. The molecule has 18 heavy (non-hydrogen) atoms. The number of nitriles is 1. The van der Waals surface area contributed by atoms with Crippen molar-refractivity contribution in [3.05, 3.63) is 35.9 Å². The molecule has 1 aliphatic heterocycles. The van der Waals surface area contributed by atoms with Gasteiger partial charge in [-0.2, -0.15) is 5.26 Å². The Kier molecular flexibility index (Phi) is 4.35. The van der Waals surface area contributed by atoms with Crippen LogP contribution in [-0.4, -0.2) is 36.6 Å². The molecule has 1 aliphatic rings. The summed E-state index contributed by atoms with van der Waals surface area (Å²) in [6.07, 6.45) is 1.69. The highest BCUT2D eigenvalue weighted by molar-refractivity contribution is 5.22. The van der Waals surface area contributed by atoms with Gasteiger partial charge in [-0.1, -0.05) is 37.3 Å². The number of piperazine rings is 1. The van der Waals surface area contributed by atoms with Gasteiger partial charge >= 0.3 is 0 Å². The van der Waals surface area contributed by atoms with Crippen LogP contribution in [0.4, 0.5) is 0 Å². The third kappa shape index (κ3) is 2.72. The van der Waals surface area contributed by atoms with Crippen LogP contribution < -0.4 is 5.32 Å². The van der Waals surface area contributed by atoms with Gasteiger partial charge in [-0.3, -0.25) is 4.90 Å². The summed E-state index contributed by atoms with van der Waals surface area (Å²) in [5, 5.41) is 13.0. The highest BCUT2D eigenvalue weighted by Gasteiger charge is 2.35. The number of rotatable bonds is 4. The molecule has 0 saturated carbocycles. The highest BCUT2D eigenvalue weighted by Crippen LogP contribution is 2.24. The summed E-state index contributed by atoms with van der Waals surface area (Å²) in [5.41, 5.74) is 0.906. The topological polar surface area (TPSA) is 39.1 Å². The van der Waals surface area contributed by atoms with Crippen molar-refractivity contribution < 1.29 is 0 Å². The van der Waals surface area contributed by atoms with E-state index in [1.807, 2.05) is 18.2 Å². The SMILES string of the molecule is CCC(C#N)(Cc1ccccc1)N1CCNCC1. The summed E-state index contributed by atoms with van der Waals surface area (Å²) in [6, 6.07) is 12.9. The van der Waals surface area contributed by atoms with Gasteiger partial charge in [0.25, 0.3) is 0 Å². The molecule has 3 nitrogen and oxygen atoms in total. The molecule has 1 fully saturated rings. The first-order chi connectivity index (χ1) is 8.80. The molecule has 1 atom stereocenters. The van der Waals surface area contributed by atoms with Gasteiger partial charge in [-0.05, 0) is 12.0 Å². The average molecular weight is 243 g/mol. The quantitative estimate of drug-likeness (QED) is 0.876. The van der Waals surface area contributed by atoms with Crippen LogP contribution >= 0.6 is 0 Å². The van der Waals surface area contributed by atoms with E-state index >= 15 is 0 Å². The van der Waals surface area contributed by atoms with Crippen LogP contribution in [0.2, 0.25) is 0 Å². The molecule has 96 valence electrons. The molecule has 1 aromatic carbocycles. The maximum absolute atomic E-state index is 9.68. The Labute approximate surface area is 109 Å². The van der Waals surface area contributed by atoms with Crippen molar-refractivity contribution in [2.75, 3.05) is 26.2 Å². The fourth-order valence-electron chi connectivity index (χ4n) is 2.68. The predicted molar refractivity (Wildman–Crippen MR) is 73.2 cm³/mol. The molecule has 1 saturated heterocycles. The standard InChI is InChI=1S/C15H21N3/c1-2-15(13-16,18-10-8-17-9-11-18)12-14-6-4-3-5-7-14/h3-7,17H,2,8-12H2,1H3. The van der Waals surface area contributed by atoms with E-state index in [4.69, 9.17) is 0 Å². The van der Waals surface area contributed by atoms with E-state index in [2.05, 4.69) is 35.3 Å². The summed E-state index contributed by atoms with van der Waals surface area (Å²) < 4.78 is 0. The van der Waals surface area contributed by atoms with E-state index in [1.165, 1.54) is 5.56 Å². The maximum Gasteiger partial charge on any atom is 0.113 e. The summed E-state index contributed by atoms with van der Waals surface area (Å²) in [7, 11) is 0. The van der Waals surface area contributed by atoms with E-state index in [-0.39, 0.29) is 5.54 Å². The Morgan fingerprint density at radius 2 is 1.94 bits per heavy atom. The Bertz CT molecular complexity index is 403. The molecule has 1 unspecified atom stereocenters. The first kappa shape index (κ1) is 13.1. The number of benzene rings is 1. The van der Waals surface area contributed by atoms with Crippen LogP contribution in [-0.2, 0) is 6.42 Å². The third-order valence-electron chi connectivity index (χ3n) is 3.85. The zero-order valence-electron chi connectivity index (χ0n) is 11.0. The number of hydrogen-bond acceptors (Lipinski definition) is 3. The van der Waals surface area contributed by atoms with E-state index < -0.39 is 0 Å². The Morgan fingerprint density at radius 3 is 2.50 bits per heavy atom. The third-order valence-corrected chi connectivity index (χ3v) is 3.85. The fourth-order valence-corrected chi connectivity index (χ4v) is 2.68. The van der Waals surface area contributed by atoms with Crippen molar-refractivity contribution in [2.24, 2.45) is 0 Å². The molecule has 0 radical (unpaired) electrons. The minimum absolute atomic E-state index is 0.344. The molecule has 1 heterocycles. The lowest BCUT2D eigenvalue weighted by Gasteiger charge is -2.41. The van der Waals surface area contributed by atoms with E-state index in [9.17, 15) is 5.26 Å². The summed E-state index contributed by atoms with van der Waals surface area (Å²) in [5.74, 6) is 0. The van der Waals surface area contributed by atoms with Crippen molar-refractivity contribution >= 4 is 0 Å². The molecule has 1 N–H and O–H groups in total. The highest BCUT2D eigenvalue weighted by atomic mass is 15.2. The van der Waals surface area contributed by atoms with E-state index in [1.54, 1.807) is 0 Å². The smallest absolute Gasteiger partial charge is 0.113 e. The van der Waals surface area contributed by atoms with Crippen molar-refractivity contribution in [1.29, 1.82) is 5.26 Å². The molecule has 1 aromatic rings. The van der Waals surface area contributed by atoms with Crippen LogP contribution in [0.1, 0.15) is 18.9 Å². The Balaban J connectivity index is 2.18. The van der Waals surface area contributed by atoms with Gasteiger partial charge in [0.1, 0.15) is 5.54 Å². The first-order valence-corrected chi connectivity index (χ1v) is 6.72. The molecule has 0 amide bonds. The van der Waals surface area contributed by atoms with Crippen molar-refractivity contribution in [3.8, 4) is 6.07 Å². The van der Waals surface area contributed by atoms with Crippen LogP contribution in [0, 0.1) is 11.3 Å². The second-order valence-corrected chi connectivity index (χ2v) is 4.90. The molecular weight excluding hydrogens is 222 g/mol. The molecule has 2 rings (SSSR count). The lowest BCUT2D eigenvalue weighted by Crippen LogP contribution is -2.56. The largest absolute Gasteiger partial charge is 0.314 e. The van der Waals surface area contributed by atoms with Gasteiger partial charge in [0, 0.05) is 32.6 Å². The lowest BCUT2D eigenvalue weighted by atomic mass is 9.87.